The average molecular weight is 366 g/mol. The van der Waals surface area contributed by atoms with Crippen LogP contribution >= 0.6 is 0 Å². The molecule has 2 aromatic rings. The Balaban J connectivity index is 1.25. The summed E-state index contributed by atoms with van der Waals surface area (Å²) in [6, 6.07) is 14.4. The van der Waals surface area contributed by atoms with Gasteiger partial charge in [0.05, 0.1) is 13.0 Å². The standard InChI is InChI=1S/C22H26N2O3/c1-26-20-7-6-17-12-19(15-27-21(17)13-20)22(25)23-9-11-24-10-8-16-4-2-3-5-18(16)14-24/h2-7,13,19H,8-12,14-15H2,1H3,(H,23,25). The molecule has 5 nitrogen and oxygen atoms in total. The molecule has 4 rings (SSSR count). The Kier molecular flexibility index (Phi) is 5.30. The summed E-state index contributed by atoms with van der Waals surface area (Å²) in [5.74, 6) is 1.55. The van der Waals surface area contributed by atoms with Crippen molar-refractivity contribution in [3.8, 4) is 11.5 Å². The highest BCUT2D eigenvalue weighted by atomic mass is 16.5. The number of methoxy groups -OCH3 is 1. The number of ether oxygens (including phenoxy) is 2. The molecule has 1 atom stereocenters. The first-order valence-electron chi connectivity index (χ1n) is 9.59. The van der Waals surface area contributed by atoms with E-state index in [1.165, 1.54) is 11.1 Å². The van der Waals surface area contributed by atoms with Gasteiger partial charge in [0.1, 0.15) is 18.1 Å². The first-order valence-corrected chi connectivity index (χ1v) is 9.59. The fourth-order valence-corrected chi connectivity index (χ4v) is 3.87. The molecule has 0 aliphatic carbocycles. The summed E-state index contributed by atoms with van der Waals surface area (Å²) < 4.78 is 11.0. The third-order valence-electron chi connectivity index (χ3n) is 5.49. The van der Waals surface area contributed by atoms with E-state index in [-0.39, 0.29) is 11.8 Å². The third kappa shape index (κ3) is 4.08. The zero-order valence-electron chi connectivity index (χ0n) is 15.7. The van der Waals surface area contributed by atoms with Gasteiger partial charge in [-0.3, -0.25) is 9.69 Å². The van der Waals surface area contributed by atoms with E-state index in [0.29, 0.717) is 19.6 Å². The van der Waals surface area contributed by atoms with Crippen LogP contribution in [0, 0.1) is 5.92 Å². The van der Waals surface area contributed by atoms with Crippen LogP contribution in [0.4, 0.5) is 0 Å². The highest BCUT2D eigenvalue weighted by molar-refractivity contribution is 5.79. The second kappa shape index (κ2) is 8.01. The number of carbonyl (C=O) groups excluding carboxylic acids is 1. The van der Waals surface area contributed by atoms with Crippen LogP contribution in [-0.2, 0) is 24.2 Å². The van der Waals surface area contributed by atoms with E-state index in [1.54, 1.807) is 7.11 Å². The number of benzene rings is 2. The quantitative estimate of drug-likeness (QED) is 0.883. The van der Waals surface area contributed by atoms with Gasteiger partial charge in [-0.15, -0.1) is 0 Å². The molecule has 0 spiro atoms. The van der Waals surface area contributed by atoms with Crippen molar-refractivity contribution in [1.29, 1.82) is 0 Å². The van der Waals surface area contributed by atoms with Crippen LogP contribution < -0.4 is 14.8 Å². The largest absolute Gasteiger partial charge is 0.497 e. The van der Waals surface area contributed by atoms with E-state index in [4.69, 9.17) is 9.47 Å². The van der Waals surface area contributed by atoms with E-state index < -0.39 is 0 Å². The van der Waals surface area contributed by atoms with E-state index in [1.807, 2.05) is 18.2 Å². The first-order chi connectivity index (χ1) is 13.2. The summed E-state index contributed by atoms with van der Waals surface area (Å²) in [6.45, 7) is 3.99. The van der Waals surface area contributed by atoms with Crippen LogP contribution in [-0.4, -0.2) is 44.2 Å². The number of fused-ring (bicyclic) bond motifs is 2. The summed E-state index contributed by atoms with van der Waals surface area (Å²) in [4.78, 5) is 14.9. The lowest BCUT2D eigenvalue weighted by atomic mass is 9.96. The second-order valence-electron chi connectivity index (χ2n) is 7.27. The van der Waals surface area contributed by atoms with Crippen LogP contribution in [0.2, 0.25) is 0 Å². The predicted octanol–water partition coefficient (Wildman–Crippen LogP) is 2.42. The minimum atomic E-state index is -0.132. The van der Waals surface area contributed by atoms with Crippen molar-refractivity contribution in [3.05, 3.63) is 59.2 Å². The molecular formula is C22H26N2O3. The van der Waals surface area contributed by atoms with Gasteiger partial charge < -0.3 is 14.8 Å². The zero-order valence-corrected chi connectivity index (χ0v) is 15.7. The lowest BCUT2D eigenvalue weighted by molar-refractivity contribution is -0.126. The van der Waals surface area contributed by atoms with Gasteiger partial charge in [0.2, 0.25) is 5.91 Å². The van der Waals surface area contributed by atoms with Crippen LogP contribution in [0.3, 0.4) is 0 Å². The molecule has 1 N–H and O–H groups in total. The molecule has 5 heteroatoms. The van der Waals surface area contributed by atoms with Gasteiger partial charge in [-0.05, 0) is 35.6 Å². The Labute approximate surface area is 160 Å². The van der Waals surface area contributed by atoms with Crippen molar-refractivity contribution in [3.63, 3.8) is 0 Å². The molecule has 0 saturated heterocycles. The minimum absolute atomic E-state index is 0.0777. The summed E-state index contributed by atoms with van der Waals surface area (Å²) in [5.41, 5.74) is 3.92. The monoisotopic (exact) mass is 366 g/mol. The number of hydrogen-bond donors (Lipinski definition) is 1. The van der Waals surface area contributed by atoms with Gasteiger partial charge in [-0.2, -0.15) is 0 Å². The second-order valence-corrected chi connectivity index (χ2v) is 7.27. The maximum absolute atomic E-state index is 12.5. The maximum atomic E-state index is 12.5. The van der Waals surface area contributed by atoms with Crippen LogP contribution in [0.15, 0.2) is 42.5 Å². The van der Waals surface area contributed by atoms with Gasteiger partial charge in [0, 0.05) is 32.2 Å². The molecule has 27 heavy (non-hydrogen) atoms. The average Bonchev–Trinajstić information content (AvgIpc) is 2.72. The Hall–Kier alpha value is -2.53. The summed E-state index contributed by atoms with van der Waals surface area (Å²) >= 11 is 0. The lowest BCUT2D eigenvalue weighted by Crippen LogP contribution is -2.42. The topological polar surface area (TPSA) is 50.8 Å². The summed E-state index contributed by atoms with van der Waals surface area (Å²) in [6.07, 6.45) is 1.79. The Morgan fingerprint density at radius 1 is 1.22 bits per heavy atom. The van der Waals surface area contributed by atoms with Crippen LogP contribution in [0.25, 0.3) is 0 Å². The number of nitrogens with one attached hydrogen (secondary N) is 1. The van der Waals surface area contributed by atoms with E-state index in [9.17, 15) is 4.79 Å². The number of hydrogen-bond acceptors (Lipinski definition) is 4. The molecule has 0 aromatic heterocycles. The molecule has 2 aromatic carbocycles. The van der Waals surface area contributed by atoms with Gasteiger partial charge >= 0.3 is 0 Å². The highest BCUT2D eigenvalue weighted by Gasteiger charge is 2.26. The van der Waals surface area contributed by atoms with Crippen molar-refractivity contribution >= 4 is 5.91 Å². The molecule has 142 valence electrons. The van der Waals surface area contributed by atoms with Crippen molar-refractivity contribution in [2.45, 2.75) is 19.4 Å². The molecule has 2 aliphatic heterocycles. The highest BCUT2D eigenvalue weighted by Crippen LogP contribution is 2.31. The summed E-state index contributed by atoms with van der Waals surface area (Å²) in [5, 5.41) is 3.09. The smallest absolute Gasteiger partial charge is 0.226 e. The fourth-order valence-electron chi connectivity index (χ4n) is 3.87. The van der Waals surface area contributed by atoms with Crippen LogP contribution in [0.5, 0.6) is 11.5 Å². The fraction of sp³-hybridized carbons (Fsp3) is 0.409. The van der Waals surface area contributed by atoms with E-state index in [0.717, 1.165) is 43.1 Å². The predicted molar refractivity (Wildman–Crippen MR) is 104 cm³/mol. The maximum Gasteiger partial charge on any atom is 0.226 e. The molecule has 0 radical (unpaired) electrons. The minimum Gasteiger partial charge on any atom is -0.497 e. The van der Waals surface area contributed by atoms with Gasteiger partial charge in [0.25, 0.3) is 0 Å². The lowest BCUT2D eigenvalue weighted by Gasteiger charge is -2.29. The zero-order chi connectivity index (χ0) is 18.6. The van der Waals surface area contributed by atoms with Crippen molar-refractivity contribution < 1.29 is 14.3 Å². The van der Waals surface area contributed by atoms with Crippen molar-refractivity contribution in [1.82, 2.24) is 10.2 Å². The molecule has 1 unspecified atom stereocenters. The van der Waals surface area contributed by atoms with E-state index in [2.05, 4.69) is 34.5 Å². The van der Waals surface area contributed by atoms with Gasteiger partial charge in [-0.25, -0.2) is 0 Å². The van der Waals surface area contributed by atoms with Crippen molar-refractivity contribution in [2.75, 3.05) is 33.4 Å². The Morgan fingerprint density at radius 2 is 2.07 bits per heavy atom. The molecule has 0 fully saturated rings. The van der Waals surface area contributed by atoms with Crippen molar-refractivity contribution in [2.24, 2.45) is 5.92 Å². The number of nitrogens with zero attached hydrogens (tertiary/aromatic N) is 1. The molecule has 0 saturated carbocycles. The first kappa shape index (κ1) is 17.9. The normalized spacial score (nSPS) is 18.8. The van der Waals surface area contributed by atoms with E-state index >= 15 is 0 Å². The van der Waals surface area contributed by atoms with Gasteiger partial charge in [-0.1, -0.05) is 30.3 Å². The molecule has 0 bridgehead atoms. The molecule has 2 heterocycles. The molecular weight excluding hydrogens is 340 g/mol. The molecule has 1 amide bonds. The summed E-state index contributed by atoms with van der Waals surface area (Å²) in [7, 11) is 1.64. The third-order valence-corrected chi connectivity index (χ3v) is 5.49. The number of amides is 1. The SMILES string of the molecule is COc1ccc2c(c1)OCC(C(=O)NCCN1CCc3ccccc3C1)C2. The Bertz CT molecular complexity index is 821. The molecule has 2 aliphatic rings. The Morgan fingerprint density at radius 3 is 2.93 bits per heavy atom. The van der Waals surface area contributed by atoms with Gasteiger partial charge in [0.15, 0.2) is 0 Å². The van der Waals surface area contributed by atoms with Crippen LogP contribution in [0.1, 0.15) is 16.7 Å². The number of rotatable bonds is 5. The number of carbonyl (C=O) groups is 1.